The minimum absolute atomic E-state index is 0.0346. The minimum Gasteiger partial charge on any atom is -0.480 e. The maximum Gasteiger partial charge on any atom is 0.323 e. The number of carbonyl (C=O) groups is 2. The van der Waals surface area contributed by atoms with E-state index in [-0.39, 0.29) is 6.54 Å². The molecule has 5 nitrogen and oxygen atoms in total. The van der Waals surface area contributed by atoms with E-state index >= 15 is 0 Å². The van der Waals surface area contributed by atoms with Crippen LogP contribution >= 0.6 is 0 Å². The second-order valence-electron chi connectivity index (χ2n) is 5.03. The molecule has 2 amide bonds. The highest BCUT2D eigenvalue weighted by Gasteiger charge is 2.19. The lowest BCUT2D eigenvalue weighted by molar-refractivity contribution is -0.137. The molecular formula is C16H18N2O3. The molecule has 0 atom stereocenters. The highest BCUT2D eigenvalue weighted by atomic mass is 16.4. The summed E-state index contributed by atoms with van der Waals surface area (Å²) in [5, 5.41) is 11.6. The van der Waals surface area contributed by atoms with Gasteiger partial charge in [-0.05, 0) is 42.9 Å². The molecule has 110 valence electrons. The number of urea groups is 1. The molecule has 0 saturated carbocycles. The highest BCUT2D eigenvalue weighted by molar-refractivity contribution is 5.92. The number of amides is 2. The number of nitrogens with zero attached hydrogens (tertiary/aromatic N) is 1. The van der Waals surface area contributed by atoms with Gasteiger partial charge in [0.1, 0.15) is 6.54 Å². The van der Waals surface area contributed by atoms with Crippen molar-refractivity contribution in [3.05, 3.63) is 29.3 Å². The summed E-state index contributed by atoms with van der Waals surface area (Å²) in [6.07, 6.45) is 9.39. The van der Waals surface area contributed by atoms with Crippen LogP contribution in [-0.4, -0.2) is 35.1 Å². The molecule has 0 aromatic heterocycles. The van der Waals surface area contributed by atoms with Crippen LogP contribution in [-0.2, 0) is 17.6 Å². The van der Waals surface area contributed by atoms with Gasteiger partial charge in [-0.25, -0.2) is 4.79 Å². The maximum absolute atomic E-state index is 12.2. The smallest absolute Gasteiger partial charge is 0.323 e. The van der Waals surface area contributed by atoms with Gasteiger partial charge in [-0.1, -0.05) is 18.1 Å². The number of carboxylic acid groups (broad SMARTS) is 1. The van der Waals surface area contributed by atoms with E-state index in [9.17, 15) is 9.59 Å². The summed E-state index contributed by atoms with van der Waals surface area (Å²) in [6.45, 7) is -0.446. The topological polar surface area (TPSA) is 69.6 Å². The van der Waals surface area contributed by atoms with Crippen LogP contribution in [0.1, 0.15) is 24.0 Å². The van der Waals surface area contributed by atoms with Gasteiger partial charge in [-0.3, -0.25) is 4.79 Å². The van der Waals surface area contributed by atoms with Gasteiger partial charge in [0.25, 0.3) is 0 Å². The summed E-state index contributed by atoms with van der Waals surface area (Å²) in [5.74, 6) is 1.22. The second kappa shape index (κ2) is 6.80. The Balaban J connectivity index is 2.15. The number of carbonyl (C=O) groups excluding carboxylic acids is 1. The van der Waals surface area contributed by atoms with Crippen molar-refractivity contribution in [2.75, 3.05) is 18.4 Å². The van der Waals surface area contributed by atoms with E-state index in [4.69, 9.17) is 11.5 Å². The van der Waals surface area contributed by atoms with Crippen molar-refractivity contribution in [1.82, 2.24) is 4.90 Å². The Morgan fingerprint density at radius 1 is 1.33 bits per heavy atom. The van der Waals surface area contributed by atoms with Crippen molar-refractivity contribution >= 4 is 17.7 Å². The number of terminal acetylenes is 1. The van der Waals surface area contributed by atoms with Crippen molar-refractivity contribution in [3.8, 4) is 12.3 Å². The summed E-state index contributed by atoms with van der Waals surface area (Å²) in [4.78, 5) is 24.1. The zero-order valence-electron chi connectivity index (χ0n) is 11.8. The summed E-state index contributed by atoms with van der Waals surface area (Å²) in [7, 11) is 0. The maximum atomic E-state index is 12.2. The number of hydrogen-bond donors (Lipinski definition) is 2. The van der Waals surface area contributed by atoms with Gasteiger partial charge in [-0.15, -0.1) is 6.42 Å². The average Bonchev–Trinajstić information content (AvgIpc) is 2.47. The third kappa shape index (κ3) is 3.76. The SMILES string of the molecule is C#CCN(CC(=O)O)C(=O)Nc1cccc2c1CCCC2. The molecule has 0 saturated heterocycles. The van der Waals surface area contributed by atoms with E-state index in [0.717, 1.165) is 41.8 Å². The molecule has 0 unspecified atom stereocenters. The fourth-order valence-corrected chi connectivity index (χ4v) is 2.57. The Morgan fingerprint density at radius 3 is 2.81 bits per heavy atom. The number of aliphatic carboxylic acids is 1. The first kappa shape index (κ1) is 14.9. The number of benzene rings is 1. The van der Waals surface area contributed by atoms with Gasteiger partial charge in [0.2, 0.25) is 0 Å². The lowest BCUT2D eigenvalue weighted by atomic mass is 9.90. The Labute approximate surface area is 124 Å². The van der Waals surface area contributed by atoms with Crippen molar-refractivity contribution < 1.29 is 14.7 Å². The third-order valence-corrected chi connectivity index (χ3v) is 3.53. The van der Waals surface area contributed by atoms with Crippen LogP contribution in [0.4, 0.5) is 10.5 Å². The van der Waals surface area contributed by atoms with Crippen LogP contribution in [0, 0.1) is 12.3 Å². The molecule has 1 aliphatic carbocycles. The molecule has 0 fully saturated rings. The van der Waals surface area contributed by atoms with Crippen molar-refractivity contribution in [3.63, 3.8) is 0 Å². The summed E-state index contributed by atoms with van der Waals surface area (Å²) in [5.41, 5.74) is 3.15. The molecule has 21 heavy (non-hydrogen) atoms. The lowest BCUT2D eigenvalue weighted by Gasteiger charge is -2.23. The molecule has 1 aromatic carbocycles. The van der Waals surface area contributed by atoms with E-state index in [1.54, 1.807) is 0 Å². The molecule has 0 aliphatic heterocycles. The molecule has 0 bridgehead atoms. The Bertz CT molecular complexity index is 590. The van der Waals surface area contributed by atoms with Crippen LogP contribution in [0.3, 0.4) is 0 Å². The van der Waals surface area contributed by atoms with E-state index in [0.29, 0.717) is 0 Å². The van der Waals surface area contributed by atoms with Crippen molar-refractivity contribution in [1.29, 1.82) is 0 Å². The highest BCUT2D eigenvalue weighted by Crippen LogP contribution is 2.27. The molecule has 1 aromatic rings. The van der Waals surface area contributed by atoms with Gasteiger partial charge in [0.05, 0.1) is 6.54 Å². The summed E-state index contributed by atoms with van der Waals surface area (Å²) < 4.78 is 0. The van der Waals surface area contributed by atoms with Crippen molar-refractivity contribution in [2.45, 2.75) is 25.7 Å². The predicted molar refractivity (Wildman–Crippen MR) is 80.1 cm³/mol. The fourth-order valence-electron chi connectivity index (χ4n) is 2.57. The Morgan fingerprint density at radius 2 is 2.10 bits per heavy atom. The summed E-state index contributed by atoms with van der Waals surface area (Å²) in [6, 6.07) is 5.34. The van der Waals surface area contributed by atoms with Gasteiger partial charge in [0, 0.05) is 5.69 Å². The number of anilines is 1. The standard InChI is InChI=1S/C16H18N2O3/c1-2-10-18(11-15(19)20)16(21)17-14-9-5-7-12-6-3-4-8-13(12)14/h1,5,7,9H,3-4,6,8,10-11H2,(H,17,21)(H,19,20). The number of rotatable bonds is 4. The van der Waals surface area contributed by atoms with Crippen LogP contribution in [0.2, 0.25) is 0 Å². The summed E-state index contributed by atoms with van der Waals surface area (Å²) >= 11 is 0. The first-order valence-electron chi connectivity index (χ1n) is 6.93. The van der Waals surface area contributed by atoms with Gasteiger partial charge in [0.15, 0.2) is 0 Å². The van der Waals surface area contributed by atoms with Gasteiger partial charge in [-0.2, -0.15) is 0 Å². The first-order valence-corrected chi connectivity index (χ1v) is 6.93. The molecule has 0 heterocycles. The average molecular weight is 286 g/mol. The molecule has 1 aliphatic rings. The third-order valence-electron chi connectivity index (χ3n) is 3.53. The number of aryl methyl sites for hydroxylation is 1. The zero-order chi connectivity index (χ0) is 15.2. The molecule has 0 spiro atoms. The Kier molecular flexibility index (Phi) is 4.83. The van der Waals surface area contributed by atoms with E-state index in [1.807, 2.05) is 12.1 Å². The molecule has 0 radical (unpaired) electrons. The Hall–Kier alpha value is -2.48. The van der Waals surface area contributed by atoms with E-state index in [1.165, 1.54) is 5.56 Å². The van der Waals surface area contributed by atoms with Crippen LogP contribution < -0.4 is 5.32 Å². The molecule has 5 heteroatoms. The number of hydrogen-bond acceptors (Lipinski definition) is 2. The fraction of sp³-hybridized carbons (Fsp3) is 0.375. The quantitative estimate of drug-likeness (QED) is 0.833. The monoisotopic (exact) mass is 286 g/mol. The zero-order valence-corrected chi connectivity index (χ0v) is 11.8. The van der Waals surface area contributed by atoms with Crippen molar-refractivity contribution in [2.24, 2.45) is 0 Å². The van der Waals surface area contributed by atoms with Gasteiger partial charge < -0.3 is 15.3 Å². The number of fused-ring (bicyclic) bond motifs is 1. The largest absolute Gasteiger partial charge is 0.480 e. The van der Waals surface area contributed by atoms with Crippen LogP contribution in [0.5, 0.6) is 0 Å². The van der Waals surface area contributed by atoms with E-state index in [2.05, 4.69) is 17.3 Å². The van der Waals surface area contributed by atoms with Crippen LogP contribution in [0.25, 0.3) is 0 Å². The molecular weight excluding hydrogens is 268 g/mol. The second-order valence-corrected chi connectivity index (χ2v) is 5.03. The molecule has 2 N–H and O–H groups in total. The molecule has 2 rings (SSSR count). The van der Waals surface area contributed by atoms with Crippen LogP contribution in [0.15, 0.2) is 18.2 Å². The number of carboxylic acids is 1. The van der Waals surface area contributed by atoms with Gasteiger partial charge >= 0.3 is 12.0 Å². The first-order chi connectivity index (χ1) is 10.1. The lowest BCUT2D eigenvalue weighted by Crippen LogP contribution is -2.39. The predicted octanol–water partition coefficient (Wildman–Crippen LogP) is 2.12. The van der Waals surface area contributed by atoms with E-state index < -0.39 is 18.5 Å². The normalized spacial score (nSPS) is 12.9. The number of nitrogens with one attached hydrogen (secondary N) is 1. The minimum atomic E-state index is -1.09.